The van der Waals surface area contributed by atoms with Crippen molar-refractivity contribution in [3.05, 3.63) is 35.9 Å². The van der Waals surface area contributed by atoms with Crippen molar-refractivity contribution in [3.8, 4) is 22.9 Å². The van der Waals surface area contributed by atoms with Crippen LogP contribution < -0.4 is 9.47 Å². The SMILES string of the molecule is COc1ccccc1-c1cc(C(=O)O)c(OC)nn1. The smallest absolute Gasteiger partial charge is 0.341 e. The van der Waals surface area contributed by atoms with Crippen molar-refractivity contribution in [1.29, 1.82) is 0 Å². The number of carboxylic acids is 1. The molecule has 0 aliphatic rings. The first-order valence-electron chi connectivity index (χ1n) is 5.45. The van der Waals surface area contributed by atoms with Crippen molar-refractivity contribution in [2.75, 3.05) is 14.2 Å². The van der Waals surface area contributed by atoms with E-state index >= 15 is 0 Å². The minimum absolute atomic E-state index is 0.0221. The van der Waals surface area contributed by atoms with E-state index in [1.807, 2.05) is 12.1 Å². The van der Waals surface area contributed by atoms with Gasteiger partial charge in [0.15, 0.2) is 0 Å². The Morgan fingerprint density at radius 1 is 1.16 bits per heavy atom. The fourth-order valence-electron chi connectivity index (χ4n) is 1.67. The van der Waals surface area contributed by atoms with E-state index in [0.29, 0.717) is 17.0 Å². The Morgan fingerprint density at radius 3 is 2.53 bits per heavy atom. The van der Waals surface area contributed by atoms with Gasteiger partial charge < -0.3 is 14.6 Å². The summed E-state index contributed by atoms with van der Waals surface area (Å²) in [7, 11) is 2.88. The molecule has 0 aliphatic heterocycles. The van der Waals surface area contributed by atoms with Gasteiger partial charge in [-0.15, -0.1) is 10.2 Å². The van der Waals surface area contributed by atoms with E-state index in [2.05, 4.69) is 10.2 Å². The highest BCUT2D eigenvalue weighted by atomic mass is 16.5. The highest BCUT2D eigenvalue weighted by Gasteiger charge is 2.16. The van der Waals surface area contributed by atoms with E-state index < -0.39 is 5.97 Å². The topological polar surface area (TPSA) is 81.5 Å². The van der Waals surface area contributed by atoms with Crippen molar-refractivity contribution in [2.24, 2.45) is 0 Å². The van der Waals surface area contributed by atoms with Gasteiger partial charge in [-0.2, -0.15) is 0 Å². The molecule has 0 unspecified atom stereocenters. The summed E-state index contributed by atoms with van der Waals surface area (Å²) in [6, 6.07) is 8.58. The van der Waals surface area contributed by atoms with Crippen LogP contribution in [0.25, 0.3) is 11.3 Å². The highest BCUT2D eigenvalue weighted by molar-refractivity contribution is 5.91. The minimum Gasteiger partial charge on any atom is -0.496 e. The molecule has 0 radical (unpaired) electrons. The maximum absolute atomic E-state index is 11.1. The van der Waals surface area contributed by atoms with Crippen LogP contribution in [0.4, 0.5) is 0 Å². The normalized spacial score (nSPS) is 10.0. The van der Waals surface area contributed by atoms with Gasteiger partial charge in [-0.1, -0.05) is 12.1 Å². The minimum atomic E-state index is -1.12. The molecule has 0 amide bonds. The zero-order chi connectivity index (χ0) is 13.8. The third kappa shape index (κ3) is 2.47. The van der Waals surface area contributed by atoms with Crippen LogP contribution in [-0.2, 0) is 0 Å². The first-order valence-corrected chi connectivity index (χ1v) is 5.45. The molecule has 0 saturated heterocycles. The Kier molecular flexibility index (Phi) is 3.61. The lowest BCUT2D eigenvalue weighted by Crippen LogP contribution is -2.05. The standard InChI is InChI=1S/C13H12N2O4/c1-18-11-6-4-3-5-8(11)10-7-9(13(16)17)12(19-2)15-14-10/h3-7H,1-2H3,(H,16,17). The summed E-state index contributed by atoms with van der Waals surface area (Å²) in [4.78, 5) is 11.1. The van der Waals surface area contributed by atoms with Crippen LogP contribution in [0.5, 0.6) is 11.6 Å². The summed E-state index contributed by atoms with van der Waals surface area (Å²) in [5.74, 6) is -0.549. The molecule has 0 bridgehead atoms. The lowest BCUT2D eigenvalue weighted by molar-refractivity contribution is 0.0692. The molecule has 0 fully saturated rings. The Morgan fingerprint density at radius 2 is 1.89 bits per heavy atom. The molecular weight excluding hydrogens is 248 g/mol. The molecule has 19 heavy (non-hydrogen) atoms. The Hall–Kier alpha value is -2.63. The van der Waals surface area contributed by atoms with Crippen molar-refractivity contribution < 1.29 is 19.4 Å². The summed E-state index contributed by atoms with van der Waals surface area (Å²) in [6.45, 7) is 0. The van der Waals surface area contributed by atoms with Crippen LogP contribution in [0, 0.1) is 0 Å². The van der Waals surface area contributed by atoms with Gasteiger partial charge in [-0.05, 0) is 18.2 Å². The average Bonchev–Trinajstić information content (AvgIpc) is 2.46. The molecule has 1 N–H and O–H groups in total. The van der Waals surface area contributed by atoms with Crippen LogP contribution in [0.3, 0.4) is 0 Å². The summed E-state index contributed by atoms with van der Waals surface area (Å²) in [5.41, 5.74) is 1.04. The van der Waals surface area contributed by atoms with Gasteiger partial charge in [0.1, 0.15) is 11.3 Å². The van der Waals surface area contributed by atoms with Gasteiger partial charge in [-0.3, -0.25) is 0 Å². The number of methoxy groups -OCH3 is 2. The maximum Gasteiger partial charge on any atom is 0.341 e. The number of nitrogens with zero attached hydrogens (tertiary/aromatic N) is 2. The number of aromatic nitrogens is 2. The Bertz CT molecular complexity index is 613. The van der Waals surface area contributed by atoms with Gasteiger partial charge in [0, 0.05) is 5.56 Å². The van der Waals surface area contributed by atoms with Crippen LogP contribution >= 0.6 is 0 Å². The van der Waals surface area contributed by atoms with E-state index in [-0.39, 0.29) is 11.4 Å². The first-order chi connectivity index (χ1) is 9.17. The number of benzene rings is 1. The second kappa shape index (κ2) is 5.34. The number of hydrogen-bond donors (Lipinski definition) is 1. The molecular formula is C13H12N2O4. The van der Waals surface area contributed by atoms with Crippen molar-refractivity contribution in [1.82, 2.24) is 10.2 Å². The van der Waals surface area contributed by atoms with E-state index in [1.54, 1.807) is 12.1 Å². The first kappa shape index (κ1) is 12.8. The predicted octanol–water partition coefficient (Wildman–Crippen LogP) is 1.86. The quantitative estimate of drug-likeness (QED) is 0.903. The summed E-state index contributed by atoms with van der Waals surface area (Å²) in [6.07, 6.45) is 0. The van der Waals surface area contributed by atoms with Crippen LogP contribution in [0.2, 0.25) is 0 Å². The third-order valence-electron chi connectivity index (χ3n) is 2.57. The van der Waals surface area contributed by atoms with Crippen LogP contribution in [-0.4, -0.2) is 35.5 Å². The number of aromatic carboxylic acids is 1. The van der Waals surface area contributed by atoms with Gasteiger partial charge in [0.05, 0.1) is 19.9 Å². The fourth-order valence-corrected chi connectivity index (χ4v) is 1.67. The maximum atomic E-state index is 11.1. The lowest BCUT2D eigenvalue weighted by Gasteiger charge is -2.08. The zero-order valence-electron chi connectivity index (χ0n) is 10.5. The molecule has 1 heterocycles. The van der Waals surface area contributed by atoms with Crippen molar-refractivity contribution in [3.63, 3.8) is 0 Å². The Labute approximate surface area is 109 Å². The number of rotatable bonds is 4. The van der Waals surface area contributed by atoms with E-state index in [4.69, 9.17) is 14.6 Å². The second-order valence-electron chi connectivity index (χ2n) is 3.66. The van der Waals surface area contributed by atoms with Gasteiger partial charge >= 0.3 is 5.97 Å². The van der Waals surface area contributed by atoms with Crippen molar-refractivity contribution in [2.45, 2.75) is 0 Å². The molecule has 0 saturated carbocycles. The van der Waals surface area contributed by atoms with E-state index in [0.717, 1.165) is 0 Å². The molecule has 2 aromatic rings. The second-order valence-corrected chi connectivity index (χ2v) is 3.66. The number of carboxylic acid groups (broad SMARTS) is 1. The Balaban J connectivity index is 2.57. The lowest BCUT2D eigenvalue weighted by atomic mass is 10.1. The summed E-state index contributed by atoms with van der Waals surface area (Å²) < 4.78 is 10.1. The third-order valence-corrected chi connectivity index (χ3v) is 2.57. The van der Waals surface area contributed by atoms with Crippen LogP contribution in [0.1, 0.15) is 10.4 Å². The number of para-hydroxylation sites is 1. The number of ether oxygens (including phenoxy) is 2. The number of carbonyl (C=O) groups is 1. The summed E-state index contributed by atoms with van der Waals surface area (Å²) in [5, 5.41) is 16.8. The molecule has 6 nitrogen and oxygen atoms in total. The van der Waals surface area contributed by atoms with E-state index in [1.165, 1.54) is 20.3 Å². The molecule has 6 heteroatoms. The number of hydrogen-bond acceptors (Lipinski definition) is 5. The van der Waals surface area contributed by atoms with E-state index in [9.17, 15) is 4.79 Å². The van der Waals surface area contributed by atoms with Gasteiger partial charge in [0.2, 0.25) is 5.88 Å². The zero-order valence-corrected chi connectivity index (χ0v) is 10.5. The largest absolute Gasteiger partial charge is 0.496 e. The van der Waals surface area contributed by atoms with Gasteiger partial charge in [-0.25, -0.2) is 4.79 Å². The van der Waals surface area contributed by atoms with Gasteiger partial charge in [0.25, 0.3) is 0 Å². The molecule has 0 spiro atoms. The molecule has 0 atom stereocenters. The molecule has 98 valence electrons. The summed E-state index contributed by atoms with van der Waals surface area (Å²) >= 11 is 0. The predicted molar refractivity (Wildman–Crippen MR) is 67.5 cm³/mol. The monoisotopic (exact) mass is 260 g/mol. The molecule has 0 aliphatic carbocycles. The average molecular weight is 260 g/mol. The van der Waals surface area contributed by atoms with Crippen LogP contribution in [0.15, 0.2) is 30.3 Å². The molecule has 1 aromatic heterocycles. The molecule has 1 aromatic carbocycles. The van der Waals surface area contributed by atoms with Crippen molar-refractivity contribution >= 4 is 5.97 Å². The fraction of sp³-hybridized carbons (Fsp3) is 0.154. The molecule has 2 rings (SSSR count). The highest BCUT2D eigenvalue weighted by Crippen LogP contribution is 2.29.